The Labute approximate surface area is 174 Å². The zero-order valence-corrected chi connectivity index (χ0v) is 16.7. The van der Waals surface area contributed by atoms with E-state index in [9.17, 15) is 0 Å². The van der Waals surface area contributed by atoms with Crippen LogP contribution in [-0.4, -0.2) is 53.0 Å². The van der Waals surface area contributed by atoms with Crippen molar-refractivity contribution >= 4 is 23.1 Å². The Kier molecular flexibility index (Phi) is 4.90. The Morgan fingerprint density at radius 3 is 2.57 bits per heavy atom. The number of rotatable bonds is 5. The van der Waals surface area contributed by atoms with Crippen molar-refractivity contribution in [3.05, 3.63) is 60.8 Å². The Bertz CT molecular complexity index is 1130. The van der Waals surface area contributed by atoms with E-state index < -0.39 is 0 Å². The molecular weight excluding hydrogens is 380 g/mol. The van der Waals surface area contributed by atoms with Gasteiger partial charge in [0.1, 0.15) is 11.6 Å². The predicted octanol–water partition coefficient (Wildman–Crippen LogP) is 3.38. The number of hydrogen-bond acceptors (Lipinski definition) is 7. The first-order valence-corrected chi connectivity index (χ1v) is 9.86. The maximum absolute atomic E-state index is 5.40. The van der Waals surface area contributed by atoms with E-state index in [-0.39, 0.29) is 0 Å². The summed E-state index contributed by atoms with van der Waals surface area (Å²) in [5, 5.41) is 7.90. The number of pyridine rings is 2. The van der Waals surface area contributed by atoms with Gasteiger partial charge in [0.05, 0.1) is 37.9 Å². The van der Waals surface area contributed by atoms with Gasteiger partial charge in [-0.05, 0) is 48.5 Å². The van der Waals surface area contributed by atoms with Gasteiger partial charge in [-0.25, -0.2) is 9.50 Å². The van der Waals surface area contributed by atoms with Crippen LogP contribution in [0.3, 0.4) is 0 Å². The van der Waals surface area contributed by atoms with E-state index in [1.807, 2.05) is 59.1 Å². The molecule has 1 aromatic carbocycles. The third-order valence-electron chi connectivity index (χ3n) is 5.08. The molecule has 0 radical (unpaired) electrons. The van der Waals surface area contributed by atoms with Gasteiger partial charge in [-0.15, -0.1) is 5.10 Å². The zero-order chi connectivity index (χ0) is 20.3. The van der Waals surface area contributed by atoms with Gasteiger partial charge in [-0.1, -0.05) is 6.07 Å². The lowest BCUT2D eigenvalue weighted by molar-refractivity contribution is 0.122. The molecule has 0 spiro atoms. The van der Waals surface area contributed by atoms with Gasteiger partial charge >= 0.3 is 0 Å². The van der Waals surface area contributed by atoms with Gasteiger partial charge in [0.25, 0.3) is 0 Å². The minimum absolute atomic E-state index is 0.525. The molecule has 0 atom stereocenters. The Morgan fingerprint density at radius 1 is 1.00 bits per heavy atom. The van der Waals surface area contributed by atoms with Crippen molar-refractivity contribution < 1.29 is 9.47 Å². The molecule has 30 heavy (non-hydrogen) atoms. The van der Waals surface area contributed by atoms with Crippen LogP contribution in [0.2, 0.25) is 0 Å². The first-order chi connectivity index (χ1) is 14.8. The molecule has 1 aliphatic rings. The van der Waals surface area contributed by atoms with Crippen molar-refractivity contribution in [2.45, 2.75) is 0 Å². The number of benzene rings is 1. The summed E-state index contributed by atoms with van der Waals surface area (Å²) in [4.78, 5) is 11.4. The second-order valence-electron chi connectivity index (χ2n) is 6.97. The van der Waals surface area contributed by atoms with Crippen LogP contribution in [0, 0.1) is 0 Å². The lowest BCUT2D eigenvalue weighted by Crippen LogP contribution is -2.36. The minimum atomic E-state index is 0.525. The first-order valence-electron chi connectivity index (χ1n) is 9.86. The average Bonchev–Trinajstić information content (AvgIpc) is 3.23. The highest BCUT2D eigenvalue weighted by molar-refractivity contribution is 5.65. The lowest BCUT2D eigenvalue weighted by Gasteiger charge is -2.27. The highest BCUT2D eigenvalue weighted by Crippen LogP contribution is 2.24. The largest absolute Gasteiger partial charge is 0.497 e. The van der Waals surface area contributed by atoms with Crippen molar-refractivity contribution in [1.82, 2.24) is 19.6 Å². The minimum Gasteiger partial charge on any atom is -0.497 e. The van der Waals surface area contributed by atoms with Crippen molar-refractivity contribution in [3.63, 3.8) is 0 Å². The topological polar surface area (TPSA) is 76.8 Å². The predicted molar refractivity (Wildman–Crippen MR) is 116 cm³/mol. The van der Waals surface area contributed by atoms with Crippen LogP contribution in [-0.2, 0) is 4.74 Å². The van der Waals surface area contributed by atoms with Crippen LogP contribution in [0.4, 0.5) is 17.5 Å². The third kappa shape index (κ3) is 3.65. The first kappa shape index (κ1) is 18.4. The molecular formula is C22H22N6O2. The summed E-state index contributed by atoms with van der Waals surface area (Å²) >= 11 is 0. The van der Waals surface area contributed by atoms with Gasteiger partial charge in [-0.2, -0.15) is 4.98 Å². The van der Waals surface area contributed by atoms with E-state index >= 15 is 0 Å². The normalized spacial score (nSPS) is 14.1. The highest BCUT2D eigenvalue weighted by atomic mass is 16.5. The van der Waals surface area contributed by atoms with Crippen LogP contribution in [0.5, 0.6) is 5.75 Å². The second-order valence-corrected chi connectivity index (χ2v) is 6.97. The SMILES string of the molecule is COc1ccc(-c2cccc3nc(Nc4ccc(N5CCOCC5)nc4)nn23)cc1. The molecule has 0 amide bonds. The monoisotopic (exact) mass is 402 g/mol. The lowest BCUT2D eigenvalue weighted by atomic mass is 10.1. The van der Waals surface area contributed by atoms with E-state index in [1.54, 1.807) is 13.3 Å². The van der Waals surface area contributed by atoms with Gasteiger partial charge < -0.3 is 19.7 Å². The number of ether oxygens (including phenoxy) is 2. The fraction of sp³-hybridized carbons (Fsp3) is 0.227. The molecule has 0 aliphatic carbocycles. The number of anilines is 3. The van der Waals surface area contributed by atoms with Gasteiger partial charge in [0.2, 0.25) is 5.95 Å². The summed E-state index contributed by atoms with van der Waals surface area (Å²) in [5.74, 6) is 2.30. The summed E-state index contributed by atoms with van der Waals surface area (Å²) in [6.07, 6.45) is 1.81. The van der Waals surface area contributed by atoms with Crippen LogP contribution in [0.25, 0.3) is 16.9 Å². The molecule has 0 bridgehead atoms. The molecule has 1 N–H and O–H groups in total. The quantitative estimate of drug-likeness (QED) is 0.548. The third-order valence-corrected chi connectivity index (χ3v) is 5.08. The number of morpholine rings is 1. The Balaban J connectivity index is 1.38. The maximum Gasteiger partial charge on any atom is 0.247 e. The number of nitrogens with one attached hydrogen (secondary N) is 1. The van der Waals surface area contributed by atoms with Crippen molar-refractivity contribution in [2.24, 2.45) is 0 Å². The number of aromatic nitrogens is 4. The van der Waals surface area contributed by atoms with Gasteiger partial charge in [-0.3, -0.25) is 0 Å². The fourth-order valence-corrected chi connectivity index (χ4v) is 3.51. The van der Waals surface area contributed by atoms with Crippen LogP contribution >= 0.6 is 0 Å². The molecule has 3 aromatic heterocycles. The molecule has 0 unspecified atom stereocenters. The molecule has 1 saturated heterocycles. The highest BCUT2D eigenvalue weighted by Gasteiger charge is 2.13. The number of fused-ring (bicyclic) bond motifs is 1. The second kappa shape index (κ2) is 8.00. The number of methoxy groups -OCH3 is 1. The molecule has 1 aliphatic heterocycles. The summed E-state index contributed by atoms with van der Waals surface area (Å²) in [5.41, 5.74) is 3.60. The number of nitrogens with zero attached hydrogens (tertiary/aromatic N) is 5. The zero-order valence-electron chi connectivity index (χ0n) is 16.7. The summed E-state index contributed by atoms with van der Waals surface area (Å²) in [7, 11) is 1.66. The summed E-state index contributed by atoms with van der Waals surface area (Å²) in [6.45, 7) is 3.20. The van der Waals surface area contributed by atoms with E-state index in [0.717, 1.165) is 60.5 Å². The molecule has 1 fully saturated rings. The molecule has 4 heterocycles. The van der Waals surface area contributed by atoms with E-state index in [1.165, 1.54) is 0 Å². The van der Waals surface area contributed by atoms with E-state index in [2.05, 4.69) is 25.3 Å². The molecule has 8 heteroatoms. The van der Waals surface area contributed by atoms with Gasteiger partial charge in [0.15, 0.2) is 5.65 Å². The smallest absolute Gasteiger partial charge is 0.247 e. The Hall–Kier alpha value is -3.65. The molecule has 4 aromatic rings. The van der Waals surface area contributed by atoms with Crippen molar-refractivity contribution in [2.75, 3.05) is 43.6 Å². The summed E-state index contributed by atoms with van der Waals surface area (Å²) < 4.78 is 12.5. The Morgan fingerprint density at radius 2 is 1.83 bits per heavy atom. The molecule has 152 valence electrons. The molecule has 5 rings (SSSR count). The molecule has 0 saturated carbocycles. The average molecular weight is 402 g/mol. The van der Waals surface area contributed by atoms with Crippen LogP contribution in [0.1, 0.15) is 0 Å². The van der Waals surface area contributed by atoms with Crippen LogP contribution in [0.15, 0.2) is 60.8 Å². The van der Waals surface area contributed by atoms with Crippen molar-refractivity contribution in [1.29, 1.82) is 0 Å². The molecule has 8 nitrogen and oxygen atoms in total. The fourth-order valence-electron chi connectivity index (χ4n) is 3.51. The summed E-state index contributed by atoms with van der Waals surface area (Å²) in [6, 6.07) is 17.8. The van der Waals surface area contributed by atoms with Crippen LogP contribution < -0.4 is 15.0 Å². The van der Waals surface area contributed by atoms with Crippen molar-refractivity contribution in [3.8, 4) is 17.0 Å². The van der Waals surface area contributed by atoms with E-state index in [0.29, 0.717) is 5.95 Å². The number of hydrogen-bond donors (Lipinski definition) is 1. The standard InChI is InChI=1S/C22H22N6O2/c1-29-18-8-5-16(6-9-18)19-3-2-4-21-25-22(26-28(19)21)24-17-7-10-20(23-15-17)27-11-13-30-14-12-27/h2-10,15H,11-14H2,1H3,(H,24,26). The van der Waals surface area contributed by atoms with Gasteiger partial charge in [0, 0.05) is 18.7 Å². The maximum atomic E-state index is 5.40. The van der Waals surface area contributed by atoms with E-state index in [4.69, 9.17) is 9.47 Å².